The highest BCUT2D eigenvalue weighted by Gasteiger charge is 2.32. The maximum absolute atomic E-state index is 11.6. The second-order valence-corrected chi connectivity index (χ2v) is 4.45. The third-order valence-corrected chi connectivity index (χ3v) is 2.02. The summed E-state index contributed by atoms with van der Waals surface area (Å²) in [7, 11) is 0. The van der Waals surface area contributed by atoms with Gasteiger partial charge in [-0.3, -0.25) is 9.69 Å². The number of amides is 1. The highest BCUT2D eigenvalue weighted by molar-refractivity contribution is 5.74. The van der Waals surface area contributed by atoms with E-state index in [2.05, 4.69) is 0 Å². The summed E-state index contributed by atoms with van der Waals surface area (Å²) < 4.78 is 5.16. The first-order chi connectivity index (χ1) is 6.44. The first kappa shape index (κ1) is 11.0. The minimum Gasteiger partial charge on any atom is -0.444 e. The van der Waals surface area contributed by atoms with Crippen LogP contribution in [0, 0.1) is 0 Å². The van der Waals surface area contributed by atoms with Crippen molar-refractivity contribution in [1.29, 1.82) is 0 Å². The van der Waals surface area contributed by atoms with Crippen LogP contribution in [0.2, 0.25) is 0 Å². The molecule has 1 fully saturated rings. The fourth-order valence-electron chi connectivity index (χ4n) is 1.43. The molecule has 0 aromatic carbocycles. The number of carbonyl (C=O) groups excluding carboxylic acids is 2. The van der Waals surface area contributed by atoms with Crippen LogP contribution in [0.5, 0.6) is 0 Å². The second kappa shape index (κ2) is 3.98. The van der Waals surface area contributed by atoms with Gasteiger partial charge in [-0.2, -0.15) is 0 Å². The van der Waals surface area contributed by atoms with E-state index in [4.69, 9.17) is 4.74 Å². The van der Waals surface area contributed by atoms with Gasteiger partial charge in [-0.05, 0) is 33.6 Å². The Bertz CT molecular complexity index is 232. The van der Waals surface area contributed by atoms with E-state index in [-0.39, 0.29) is 0 Å². The number of rotatable bonds is 1. The Kier molecular flexibility index (Phi) is 3.13. The minimum absolute atomic E-state index is 0.412. The summed E-state index contributed by atoms with van der Waals surface area (Å²) in [5, 5.41) is 0. The van der Waals surface area contributed by atoms with Crippen LogP contribution in [0.1, 0.15) is 33.6 Å². The van der Waals surface area contributed by atoms with Crippen molar-refractivity contribution in [3.05, 3.63) is 0 Å². The number of likely N-dealkylation sites (tertiary alicyclic amines) is 1. The van der Waals surface area contributed by atoms with E-state index in [1.807, 2.05) is 6.29 Å². The third-order valence-electron chi connectivity index (χ3n) is 2.02. The zero-order valence-electron chi connectivity index (χ0n) is 8.87. The molecule has 1 unspecified atom stereocenters. The van der Waals surface area contributed by atoms with Crippen molar-refractivity contribution in [2.75, 3.05) is 6.54 Å². The van der Waals surface area contributed by atoms with Gasteiger partial charge in [-0.25, -0.2) is 4.79 Å². The Balaban J connectivity index is 2.56. The molecule has 0 saturated carbocycles. The van der Waals surface area contributed by atoms with Crippen molar-refractivity contribution in [2.45, 2.75) is 45.3 Å². The summed E-state index contributed by atoms with van der Waals surface area (Å²) in [6, 6.07) is -0.412. The molecule has 4 heteroatoms. The molecule has 14 heavy (non-hydrogen) atoms. The van der Waals surface area contributed by atoms with Gasteiger partial charge in [-0.15, -0.1) is 0 Å². The lowest BCUT2D eigenvalue weighted by atomic mass is 10.2. The van der Waals surface area contributed by atoms with E-state index in [0.717, 1.165) is 6.42 Å². The van der Waals surface area contributed by atoms with E-state index < -0.39 is 17.7 Å². The SMILES string of the molecule is CC(C)(C)OC(=O)N1CCCC1[C]=O. The van der Waals surface area contributed by atoms with Gasteiger partial charge in [0.25, 0.3) is 0 Å². The molecule has 0 aliphatic carbocycles. The molecule has 1 rings (SSSR count). The van der Waals surface area contributed by atoms with Gasteiger partial charge in [-0.1, -0.05) is 0 Å². The lowest BCUT2D eigenvalue weighted by Gasteiger charge is -2.26. The fraction of sp³-hybridized carbons (Fsp3) is 0.800. The molecular weight excluding hydrogens is 182 g/mol. The standard InChI is InChI=1S/C10H16NO3/c1-10(2,3)14-9(13)11-6-4-5-8(11)7-12/h8H,4-6H2,1-3H3. The first-order valence-corrected chi connectivity index (χ1v) is 4.81. The van der Waals surface area contributed by atoms with Crippen molar-refractivity contribution in [3.8, 4) is 0 Å². The third kappa shape index (κ3) is 2.72. The van der Waals surface area contributed by atoms with E-state index in [0.29, 0.717) is 13.0 Å². The highest BCUT2D eigenvalue weighted by atomic mass is 16.6. The Morgan fingerprint density at radius 2 is 2.14 bits per heavy atom. The van der Waals surface area contributed by atoms with E-state index >= 15 is 0 Å². The zero-order valence-corrected chi connectivity index (χ0v) is 8.87. The molecule has 1 atom stereocenters. The molecular formula is C10H16NO3. The van der Waals surface area contributed by atoms with Crippen LogP contribution in [0.25, 0.3) is 0 Å². The lowest BCUT2D eigenvalue weighted by Crippen LogP contribution is -2.40. The molecule has 79 valence electrons. The van der Waals surface area contributed by atoms with Gasteiger partial charge in [0.2, 0.25) is 6.29 Å². The van der Waals surface area contributed by atoms with Gasteiger partial charge in [0.1, 0.15) is 11.6 Å². The van der Waals surface area contributed by atoms with Crippen molar-refractivity contribution in [3.63, 3.8) is 0 Å². The number of carbonyl (C=O) groups is 1. The molecule has 0 bridgehead atoms. The molecule has 4 nitrogen and oxygen atoms in total. The van der Waals surface area contributed by atoms with Crippen molar-refractivity contribution in [2.24, 2.45) is 0 Å². The smallest absolute Gasteiger partial charge is 0.410 e. The predicted octanol–water partition coefficient (Wildman–Crippen LogP) is 1.50. The summed E-state index contributed by atoms with van der Waals surface area (Å²) in [6.07, 6.45) is 2.99. The summed E-state index contributed by atoms with van der Waals surface area (Å²) in [5.74, 6) is 0. The van der Waals surface area contributed by atoms with Crippen molar-refractivity contribution >= 4 is 12.4 Å². The fourth-order valence-corrected chi connectivity index (χ4v) is 1.43. The number of nitrogens with zero attached hydrogens (tertiary/aromatic N) is 1. The van der Waals surface area contributed by atoms with E-state index in [9.17, 15) is 9.59 Å². The minimum atomic E-state index is -0.507. The largest absolute Gasteiger partial charge is 0.444 e. The Morgan fingerprint density at radius 1 is 1.50 bits per heavy atom. The number of hydrogen-bond donors (Lipinski definition) is 0. The number of hydrogen-bond acceptors (Lipinski definition) is 3. The van der Waals surface area contributed by atoms with Gasteiger partial charge in [0.05, 0.1) is 0 Å². The van der Waals surface area contributed by atoms with Crippen LogP contribution in [0.15, 0.2) is 0 Å². The van der Waals surface area contributed by atoms with Crippen LogP contribution in [0.4, 0.5) is 4.79 Å². The maximum Gasteiger partial charge on any atom is 0.410 e. The average Bonchev–Trinajstić information content (AvgIpc) is 2.47. The topological polar surface area (TPSA) is 46.6 Å². The molecule has 1 heterocycles. The van der Waals surface area contributed by atoms with Gasteiger partial charge >= 0.3 is 6.09 Å². The average molecular weight is 198 g/mol. The maximum atomic E-state index is 11.6. The summed E-state index contributed by atoms with van der Waals surface area (Å²) in [6.45, 7) is 6.01. The molecule has 0 spiro atoms. The van der Waals surface area contributed by atoms with Crippen molar-refractivity contribution < 1.29 is 14.3 Å². The molecule has 1 aliphatic heterocycles. The van der Waals surface area contributed by atoms with Gasteiger partial charge in [0.15, 0.2) is 0 Å². The molecule has 0 aromatic rings. The summed E-state index contributed by atoms with van der Waals surface area (Å²) in [4.78, 5) is 23.5. The van der Waals surface area contributed by atoms with Crippen LogP contribution in [-0.4, -0.2) is 35.5 Å². The Hall–Kier alpha value is -1.06. The second-order valence-electron chi connectivity index (χ2n) is 4.45. The summed E-state index contributed by atoms with van der Waals surface area (Å²) >= 11 is 0. The quantitative estimate of drug-likeness (QED) is 0.641. The van der Waals surface area contributed by atoms with Crippen LogP contribution in [0.3, 0.4) is 0 Å². The molecule has 1 aliphatic rings. The van der Waals surface area contributed by atoms with Crippen LogP contribution in [-0.2, 0) is 9.53 Å². The zero-order chi connectivity index (χ0) is 10.8. The van der Waals surface area contributed by atoms with Gasteiger partial charge in [0, 0.05) is 6.54 Å². The molecule has 1 radical (unpaired) electrons. The lowest BCUT2D eigenvalue weighted by molar-refractivity contribution is 0.0264. The normalized spacial score (nSPS) is 22.2. The van der Waals surface area contributed by atoms with Crippen molar-refractivity contribution in [1.82, 2.24) is 4.90 Å². The Labute approximate surface area is 84.2 Å². The monoisotopic (exact) mass is 198 g/mol. The number of ether oxygens (including phenoxy) is 1. The molecule has 0 N–H and O–H groups in total. The molecule has 1 amide bonds. The first-order valence-electron chi connectivity index (χ1n) is 4.81. The molecule has 0 aromatic heterocycles. The van der Waals surface area contributed by atoms with E-state index in [1.165, 1.54) is 4.90 Å². The summed E-state index contributed by atoms with van der Waals surface area (Å²) in [5.41, 5.74) is -0.507. The molecule has 1 saturated heterocycles. The Morgan fingerprint density at radius 3 is 2.64 bits per heavy atom. The van der Waals surface area contributed by atoms with E-state index in [1.54, 1.807) is 20.8 Å². The van der Waals surface area contributed by atoms with Gasteiger partial charge < -0.3 is 4.74 Å². The van der Waals surface area contributed by atoms with Crippen LogP contribution < -0.4 is 0 Å². The predicted molar refractivity (Wildman–Crippen MR) is 51.7 cm³/mol. The highest BCUT2D eigenvalue weighted by Crippen LogP contribution is 2.19. The van der Waals surface area contributed by atoms with Crippen LogP contribution >= 0.6 is 0 Å².